The molecule has 0 bridgehead atoms. The molecule has 0 spiro atoms. The number of ether oxygens (including phenoxy) is 1. The molecule has 0 heterocycles. The third kappa shape index (κ3) is 4.68. The first kappa shape index (κ1) is 14.4. The number of aryl methyl sites for hydroxylation is 1. The molecule has 0 saturated carbocycles. The lowest BCUT2D eigenvalue weighted by Crippen LogP contribution is -2.36. The van der Waals surface area contributed by atoms with Gasteiger partial charge in [0.2, 0.25) is 5.96 Å². The fraction of sp³-hybridized carbons (Fsp3) is 0.417. The van der Waals surface area contributed by atoms with Crippen LogP contribution < -0.4 is 16.6 Å². The predicted molar refractivity (Wildman–Crippen MR) is 70.9 cm³/mol. The van der Waals surface area contributed by atoms with E-state index >= 15 is 0 Å². The van der Waals surface area contributed by atoms with Crippen LogP contribution in [0.3, 0.4) is 0 Å². The van der Waals surface area contributed by atoms with E-state index in [1.807, 2.05) is 6.92 Å². The molecule has 1 rings (SSSR count). The summed E-state index contributed by atoms with van der Waals surface area (Å²) in [6, 6.07) is 4.47. The first-order valence-corrected chi connectivity index (χ1v) is 5.70. The number of anilines is 1. The van der Waals surface area contributed by atoms with Gasteiger partial charge < -0.3 is 10.1 Å². The number of nitrogens with zero attached hydrogens (tertiary/aromatic N) is 1. The third-order valence-electron chi connectivity index (χ3n) is 2.35. The van der Waals surface area contributed by atoms with E-state index in [0.29, 0.717) is 19.1 Å². The van der Waals surface area contributed by atoms with Crippen LogP contribution in [0.1, 0.15) is 12.0 Å². The van der Waals surface area contributed by atoms with E-state index in [4.69, 9.17) is 10.6 Å². The molecule has 18 heavy (non-hydrogen) atoms. The molecule has 0 aromatic heterocycles. The number of halogens is 1. The molecule has 0 atom stereocenters. The summed E-state index contributed by atoms with van der Waals surface area (Å²) in [6.45, 7) is 3.06. The molecular weight excluding hydrogens is 235 g/mol. The maximum Gasteiger partial charge on any atom is 0.210 e. The van der Waals surface area contributed by atoms with Gasteiger partial charge in [-0.05, 0) is 37.1 Å². The van der Waals surface area contributed by atoms with Gasteiger partial charge in [-0.25, -0.2) is 10.2 Å². The average molecular weight is 254 g/mol. The van der Waals surface area contributed by atoms with Crippen molar-refractivity contribution in [2.45, 2.75) is 13.3 Å². The standard InChI is InChI=1S/C12H19FN4O/c1-9-8-10(13)4-5-11(9)16-12(17-14)15-6-3-7-18-2/h4-5,8H,3,6-7,14H2,1-2H3,(H2,15,16,17). The lowest BCUT2D eigenvalue weighted by molar-refractivity contribution is 0.197. The van der Waals surface area contributed by atoms with Crippen LogP contribution in [-0.4, -0.2) is 26.2 Å². The zero-order valence-corrected chi connectivity index (χ0v) is 10.7. The monoisotopic (exact) mass is 254 g/mol. The molecule has 5 nitrogen and oxygen atoms in total. The number of guanidine groups is 1. The highest BCUT2D eigenvalue weighted by atomic mass is 19.1. The van der Waals surface area contributed by atoms with Crippen molar-refractivity contribution < 1.29 is 9.13 Å². The van der Waals surface area contributed by atoms with Crippen LogP contribution in [0.15, 0.2) is 23.2 Å². The predicted octanol–water partition coefficient (Wildman–Crippen LogP) is 1.40. The maximum absolute atomic E-state index is 12.9. The van der Waals surface area contributed by atoms with Crippen LogP contribution >= 0.6 is 0 Å². The van der Waals surface area contributed by atoms with E-state index in [9.17, 15) is 4.39 Å². The SMILES string of the molecule is COCCCN=C(NN)Nc1ccc(F)cc1C. The van der Waals surface area contributed by atoms with Crippen molar-refractivity contribution in [2.24, 2.45) is 10.8 Å². The van der Waals surface area contributed by atoms with Crippen LogP contribution in [0.5, 0.6) is 0 Å². The Kier molecular flexibility index (Phi) is 6.10. The topological polar surface area (TPSA) is 71.7 Å². The van der Waals surface area contributed by atoms with E-state index in [1.54, 1.807) is 13.2 Å². The van der Waals surface area contributed by atoms with Crippen molar-refractivity contribution in [1.82, 2.24) is 5.43 Å². The van der Waals surface area contributed by atoms with Gasteiger partial charge in [-0.2, -0.15) is 0 Å². The van der Waals surface area contributed by atoms with Crippen molar-refractivity contribution in [3.8, 4) is 0 Å². The van der Waals surface area contributed by atoms with Crippen LogP contribution in [0.4, 0.5) is 10.1 Å². The quantitative estimate of drug-likeness (QED) is 0.244. The molecule has 0 aliphatic rings. The van der Waals surface area contributed by atoms with E-state index in [0.717, 1.165) is 17.7 Å². The summed E-state index contributed by atoms with van der Waals surface area (Å²) in [6.07, 6.45) is 0.811. The summed E-state index contributed by atoms with van der Waals surface area (Å²) in [4.78, 5) is 4.23. The van der Waals surface area contributed by atoms with Gasteiger partial charge in [0.25, 0.3) is 0 Å². The fourth-order valence-electron chi connectivity index (χ4n) is 1.42. The number of hydrazine groups is 1. The molecule has 0 amide bonds. The normalized spacial score (nSPS) is 11.4. The molecule has 100 valence electrons. The Morgan fingerprint density at radius 2 is 2.28 bits per heavy atom. The number of aliphatic imine (C=N–C) groups is 1. The van der Waals surface area contributed by atoms with Crippen LogP contribution in [-0.2, 0) is 4.74 Å². The summed E-state index contributed by atoms with van der Waals surface area (Å²) in [5, 5.41) is 3.01. The summed E-state index contributed by atoms with van der Waals surface area (Å²) in [5.74, 6) is 5.55. The van der Waals surface area contributed by atoms with Crippen molar-refractivity contribution in [3.63, 3.8) is 0 Å². The highest BCUT2D eigenvalue weighted by Crippen LogP contribution is 2.15. The first-order chi connectivity index (χ1) is 8.67. The molecule has 6 heteroatoms. The Morgan fingerprint density at radius 1 is 1.50 bits per heavy atom. The molecule has 0 radical (unpaired) electrons. The van der Waals surface area contributed by atoms with Gasteiger partial charge in [0.1, 0.15) is 5.82 Å². The van der Waals surface area contributed by atoms with E-state index in [2.05, 4.69) is 15.7 Å². The highest BCUT2D eigenvalue weighted by Gasteiger charge is 2.02. The van der Waals surface area contributed by atoms with Crippen molar-refractivity contribution >= 4 is 11.6 Å². The summed E-state index contributed by atoms with van der Waals surface area (Å²) in [7, 11) is 1.64. The van der Waals surface area contributed by atoms with Crippen molar-refractivity contribution in [2.75, 3.05) is 25.6 Å². The van der Waals surface area contributed by atoms with Gasteiger partial charge in [-0.15, -0.1) is 0 Å². The Labute approximate surface area is 106 Å². The molecule has 0 saturated heterocycles. The number of rotatable bonds is 5. The molecule has 1 aromatic rings. The number of hydrogen-bond donors (Lipinski definition) is 3. The molecule has 0 unspecified atom stereocenters. The highest BCUT2D eigenvalue weighted by molar-refractivity contribution is 5.93. The molecule has 4 N–H and O–H groups in total. The van der Waals surface area contributed by atoms with Crippen molar-refractivity contribution in [1.29, 1.82) is 0 Å². The lowest BCUT2D eigenvalue weighted by Gasteiger charge is -2.11. The van der Waals surface area contributed by atoms with Gasteiger partial charge in [0.15, 0.2) is 0 Å². The summed E-state index contributed by atoms with van der Waals surface area (Å²) >= 11 is 0. The number of benzene rings is 1. The minimum atomic E-state index is -0.266. The second-order valence-corrected chi connectivity index (χ2v) is 3.81. The fourth-order valence-corrected chi connectivity index (χ4v) is 1.42. The zero-order valence-electron chi connectivity index (χ0n) is 10.7. The summed E-state index contributed by atoms with van der Waals surface area (Å²) in [5.41, 5.74) is 4.02. The number of hydrogen-bond acceptors (Lipinski definition) is 3. The third-order valence-corrected chi connectivity index (χ3v) is 2.35. The summed E-state index contributed by atoms with van der Waals surface area (Å²) < 4.78 is 17.9. The van der Waals surface area contributed by atoms with E-state index < -0.39 is 0 Å². The van der Waals surface area contributed by atoms with Crippen molar-refractivity contribution in [3.05, 3.63) is 29.6 Å². The van der Waals surface area contributed by atoms with Gasteiger partial charge in [0, 0.05) is 25.9 Å². The maximum atomic E-state index is 12.9. The van der Waals surface area contributed by atoms with Crippen LogP contribution in [0.25, 0.3) is 0 Å². The Morgan fingerprint density at radius 3 is 2.89 bits per heavy atom. The van der Waals surface area contributed by atoms with E-state index in [1.165, 1.54) is 12.1 Å². The first-order valence-electron chi connectivity index (χ1n) is 5.70. The molecule has 0 aliphatic carbocycles. The molecule has 0 fully saturated rings. The smallest absolute Gasteiger partial charge is 0.210 e. The van der Waals surface area contributed by atoms with Gasteiger partial charge in [0.05, 0.1) is 0 Å². The average Bonchev–Trinajstić information content (AvgIpc) is 2.35. The van der Waals surface area contributed by atoms with Gasteiger partial charge in [-0.3, -0.25) is 10.4 Å². The largest absolute Gasteiger partial charge is 0.385 e. The number of methoxy groups -OCH3 is 1. The minimum absolute atomic E-state index is 0.266. The van der Waals surface area contributed by atoms with E-state index in [-0.39, 0.29) is 5.82 Å². The van der Waals surface area contributed by atoms with Crippen LogP contribution in [0.2, 0.25) is 0 Å². The number of nitrogens with one attached hydrogen (secondary N) is 2. The van der Waals surface area contributed by atoms with Gasteiger partial charge >= 0.3 is 0 Å². The minimum Gasteiger partial charge on any atom is -0.385 e. The molecular formula is C12H19FN4O. The van der Waals surface area contributed by atoms with Gasteiger partial charge in [-0.1, -0.05) is 0 Å². The Hall–Kier alpha value is -1.66. The Bertz CT molecular complexity index is 409. The second-order valence-electron chi connectivity index (χ2n) is 3.81. The zero-order chi connectivity index (χ0) is 13.4. The molecule has 1 aromatic carbocycles. The lowest BCUT2D eigenvalue weighted by atomic mass is 10.2. The molecule has 0 aliphatic heterocycles. The number of nitrogens with two attached hydrogens (primary N) is 1. The Balaban J connectivity index is 2.61. The van der Waals surface area contributed by atoms with Crippen LogP contribution in [0, 0.1) is 12.7 Å². The second kappa shape index (κ2) is 7.62.